The molecular formula is C68H132O17P2. The summed E-state index contributed by atoms with van der Waals surface area (Å²) in [6, 6.07) is 0. The van der Waals surface area contributed by atoms with Crippen molar-refractivity contribution in [3.63, 3.8) is 0 Å². The number of carbonyl (C=O) groups excluding carboxylic acids is 4. The van der Waals surface area contributed by atoms with E-state index in [1.807, 2.05) is 0 Å². The van der Waals surface area contributed by atoms with Crippen molar-refractivity contribution in [2.45, 2.75) is 350 Å². The number of phosphoric ester groups is 2. The molecule has 0 aromatic rings. The minimum absolute atomic E-state index is 0.101. The molecule has 3 N–H and O–H groups in total. The summed E-state index contributed by atoms with van der Waals surface area (Å²) >= 11 is 0. The van der Waals surface area contributed by atoms with E-state index in [1.165, 1.54) is 122 Å². The predicted molar refractivity (Wildman–Crippen MR) is 349 cm³/mol. The Morgan fingerprint density at radius 1 is 0.322 bits per heavy atom. The van der Waals surface area contributed by atoms with Gasteiger partial charge < -0.3 is 33.8 Å². The molecule has 0 bridgehead atoms. The van der Waals surface area contributed by atoms with Crippen molar-refractivity contribution in [3.8, 4) is 0 Å². The molecule has 0 amide bonds. The summed E-state index contributed by atoms with van der Waals surface area (Å²) < 4.78 is 68.1. The van der Waals surface area contributed by atoms with Crippen LogP contribution in [0.1, 0.15) is 331 Å². The van der Waals surface area contributed by atoms with Crippen molar-refractivity contribution in [1.82, 2.24) is 0 Å². The first-order valence-corrected chi connectivity index (χ1v) is 38.3. The van der Waals surface area contributed by atoms with Crippen LogP contribution in [-0.4, -0.2) is 96.7 Å². The summed E-state index contributed by atoms with van der Waals surface area (Å²) in [5.74, 6) is 0.813. The van der Waals surface area contributed by atoms with Gasteiger partial charge in [-0.15, -0.1) is 0 Å². The van der Waals surface area contributed by atoms with Crippen LogP contribution in [0, 0.1) is 23.7 Å². The lowest BCUT2D eigenvalue weighted by molar-refractivity contribution is -0.161. The van der Waals surface area contributed by atoms with Crippen LogP contribution in [0.4, 0.5) is 0 Å². The Labute approximate surface area is 530 Å². The average Bonchev–Trinajstić information content (AvgIpc) is 3.69. The molecule has 516 valence electrons. The molecule has 0 fully saturated rings. The van der Waals surface area contributed by atoms with Crippen molar-refractivity contribution < 1.29 is 80.2 Å². The number of esters is 4. The number of rotatable bonds is 65. The lowest BCUT2D eigenvalue weighted by Crippen LogP contribution is -2.30. The normalized spacial score (nSPS) is 15.0. The molecular weight excluding hydrogens is 1150 g/mol. The second-order valence-corrected chi connectivity index (χ2v) is 28.9. The fourth-order valence-corrected chi connectivity index (χ4v) is 11.7. The predicted octanol–water partition coefficient (Wildman–Crippen LogP) is 18.9. The van der Waals surface area contributed by atoms with E-state index in [1.54, 1.807) is 0 Å². The zero-order valence-electron chi connectivity index (χ0n) is 56.6. The molecule has 17 nitrogen and oxygen atoms in total. The van der Waals surface area contributed by atoms with Gasteiger partial charge >= 0.3 is 39.5 Å². The molecule has 0 heterocycles. The molecule has 0 aromatic carbocycles. The molecule has 19 heteroatoms. The number of hydrogen-bond acceptors (Lipinski definition) is 15. The minimum Gasteiger partial charge on any atom is -0.462 e. The van der Waals surface area contributed by atoms with Gasteiger partial charge in [-0.3, -0.25) is 37.3 Å². The third-order valence-corrected chi connectivity index (χ3v) is 18.2. The van der Waals surface area contributed by atoms with Crippen molar-refractivity contribution in [1.29, 1.82) is 0 Å². The largest absolute Gasteiger partial charge is 0.472 e. The van der Waals surface area contributed by atoms with Crippen LogP contribution < -0.4 is 0 Å². The maximum absolute atomic E-state index is 13.0. The first-order chi connectivity index (χ1) is 41.7. The fraction of sp³-hybridized carbons (Fsp3) is 0.941. The first-order valence-electron chi connectivity index (χ1n) is 35.3. The zero-order valence-corrected chi connectivity index (χ0v) is 58.4. The molecule has 0 rings (SSSR count). The van der Waals surface area contributed by atoms with Gasteiger partial charge in [-0.25, -0.2) is 9.13 Å². The van der Waals surface area contributed by atoms with Crippen molar-refractivity contribution in [2.75, 3.05) is 39.6 Å². The number of carbonyl (C=O) groups is 4. The molecule has 5 unspecified atom stereocenters. The Bertz CT molecular complexity index is 1730. The van der Waals surface area contributed by atoms with Crippen molar-refractivity contribution in [3.05, 3.63) is 0 Å². The van der Waals surface area contributed by atoms with Gasteiger partial charge in [0, 0.05) is 25.7 Å². The molecule has 0 spiro atoms. The number of ether oxygens (including phenoxy) is 4. The molecule has 0 aliphatic rings. The van der Waals surface area contributed by atoms with Crippen molar-refractivity contribution in [2.24, 2.45) is 23.7 Å². The molecule has 0 saturated carbocycles. The van der Waals surface area contributed by atoms with Gasteiger partial charge in [0.05, 0.1) is 26.4 Å². The van der Waals surface area contributed by atoms with Crippen LogP contribution in [0.25, 0.3) is 0 Å². The van der Waals surface area contributed by atoms with Gasteiger partial charge in [0.2, 0.25) is 0 Å². The second-order valence-electron chi connectivity index (χ2n) is 26.0. The molecule has 0 radical (unpaired) electrons. The topological polar surface area (TPSA) is 237 Å². The van der Waals surface area contributed by atoms with Gasteiger partial charge in [-0.2, -0.15) is 0 Å². The number of unbranched alkanes of at least 4 members (excludes halogenated alkanes) is 29. The lowest BCUT2D eigenvalue weighted by Gasteiger charge is -2.21. The van der Waals surface area contributed by atoms with Crippen molar-refractivity contribution >= 4 is 39.5 Å². The summed E-state index contributed by atoms with van der Waals surface area (Å²) in [5.41, 5.74) is 0. The number of aliphatic hydroxyl groups excluding tert-OH is 1. The monoisotopic (exact) mass is 1280 g/mol. The van der Waals surface area contributed by atoms with Crippen LogP contribution in [-0.2, 0) is 65.4 Å². The Morgan fingerprint density at radius 2 is 0.552 bits per heavy atom. The Hall–Kier alpha value is -1.94. The average molecular weight is 1280 g/mol. The zero-order chi connectivity index (χ0) is 64.7. The number of phosphoric acid groups is 2. The fourth-order valence-electron chi connectivity index (χ4n) is 10.1. The Balaban J connectivity index is 5.20. The lowest BCUT2D eigenvalue weighted by atomic mass is 9.99. The third-order valence-electron chi connectivity index (χ3n) is 16.3. The van der Waals surface area contributed by atoms with Crippen LogP contribution in [0.2, 0.25) is 0 Å². The highest BCUT2D eigenvalue weighted by Gasteiger charge is 2.30. The summed E-state index contributed by atoms with van der Waals surface area (Å²) in [7, 11) is -9.90. The second kappa shape index (κ2) is 57.9. The van der Waals surface area contributed by atoms with Crippen LogP contribution in [0.15, 0.2) is 0 Å². The maximum atomic E-state index is 13.0. The van der Waals surface area contributed by atoms with E-state index in [0.29, 0.717) is 37.5 Å². The van der Waals surface area contributed by atoms with Crippen LogP contribution in [0.3, 0.4) is 0 Å². The molecule has 7 atom stereocenters. The molecule has 0 aliphatic heterocycles. The molecule has 87 heavy (non-hydrogen) atoms. The van der Waals surface area contributed by atoms with Gasteiger partial charge in [0.25, 0.3) is 0 Å². The summed E-state index contributed by atoms with van der Waals surface area (Å²) in [6.07, 6.45) is 39.2. The molecule has 0 saturated heterocycles. The Kier molecular flexibility index (Phi) is 56.6. The summed E-state index contributed by atoms with van der Waals surface area (Å²) in [6.45, 7) is 14.0. The maximum Gasteiger partial charge on any atom is 0.472 e. The van der Waals surface area contributed by atoms with Crippen LogP contribution >= 0.6 is 15.6 Å². The van der Waals surface area contributed by atoms with E-state index in [0.717, 1.165) is 115 Å². The van der Waals surface area contributed by atoms with Gasteiger partial charge in [0.15, 0.2) is 12.2 Å². The van der Waals surface area contributed by atoms with Gasteiger partial charge in [-0.05, 0) is 49.4 Å². The summed E-state index contributed by atoms with van der Waals surface area (Å²) in [4.78, 5) is 72.3. The first kappa shape index (κ1) is 85.1. The van der Waals surface area contributed by atoms with Crippen LogP contribution in [0.5, 0.6) is 0 Å². The number of aliphatic hydroxyl groups is 1. The molecule has 0 aliphatic carbocycles. The van der Waals surface area contributed by atoms with Gasteiger partial charge in [0.1, 0.15) is 19.3 Å². The Morgan fingerprint density at radius 3 is 0.816 bits per heavy atom. The quantitative estimate of drug-likeness (QED) is 0.0222. The van der Waals surface area contributed by atoms with E-state index >= 15 is 0 Å². The van der Waals surface area contributed by atoms with E-state index < -0.39 is 97.5 Å². The highest BCUT2D eigenvalue weighted by Crippen LogP contribution is 2.45. The SMILES string of the molecule is CCC(C)CCCCCCCCCCCCCCCCC(=O)O[C@H](COC(=O)CCCCCCCCCC(C)C)COP(=O)(O)OCC(O)COP(=O)(O)OC[C@@H](COC(=O)CCCCCCCCC(C)CC)OC(=O)CCCCCCCCC(C)C. The van der Waals surface area contributed by atoms with E-state index in [4.69, 9.17) is 37.0 Å². The van der Waals surface area contributed by atoms with E-state index in [-0.39, 0.29) is 25.7 Å². The summed E-state index contributed by atoms with van der Waals surface area (Å²) in [5, 5.41) is 10.6. The highest BCUT2D eigenvalue weighted by atomic mass is 31.2. The minimum atomic E-state index is -4.95. The van der Waals surface area contributed by atoms with E-state index in [9.17, 15) is 43.2 Å². The third kappa shape index (κ3) is 60.1. The number of hydrogen-bond donors (Lipinski definition) is 3. The standard InChI is InChI=1S/C68H132O17P2/c1-9-60(7)46-38-30-21-17-15-13-11-12-14-16-18-22-34-42-50-67(72)84-63(54-78-65(70)48-40-32-23-19-20-28-36-44-58(3)4)56-82-86(74,75)80-52-62(69)53-81-87(76,77)83-57-64(85-68(73)51-43-35-26-24-29-37-45-59(5)6)55-79-66(71)49-41-33-27-25-31-39-47-61(8)10-2/h58-64,69H,9-57H2,1-8H3,(H,74,75)(H,76,77)/t60?,61?,62?,63-,64-/m1/s1. The highest BCUT2D eigenvalue weighted by molar-refractivity contribution is 7.47. The molecule has 0 aromatic heterocycles. The van der Waals surface area contributed by atoms with E-state index in [2.05, 4.69) is 55.4 Å². The van der Waals surface area contributed by atoms with Gasteiger partial charge in [-0.1, -0.05) is 280 Å². The smallest absolute Gasteiger partial charge is 0.462 e.